The van der Waals surface area contributed by atoms with Crippen molar-refractivity contribution in [1.29, 1.82) is 0 Å². The van der Waals surface area contributed by atoms with E-state index >= 15 is 0 Å². The number of hydrogen-bond donors (Lipinski definition) is 1. The molecule has 1 saturated heterocycles. The number of nitrogens with one attached hydrogen (secondary N) is 1. The van der Waals surface area contributed by atoms with Crippen LogP contribution >= 0.6 is 0 Å². The van der Waals surface area contributed by atoms with Crippen LogP contribution in [0.4, 0.5) is 0 Å². The van der Waals surface area contributed by atoms with Crippen molar-refractivity contribution in [2.45, 2.75) is 12.6 Å². The Hall–Kier alpha value is -1.69. The molecule has 3 rings (SSSR count). The summed E-state index contributed by atoms with van der Waals surface area (Å²) in [6.45, 7) is 3.76. The van der Waals surface area contributed by atoms with Gasteiger partial charge in [0.05, 0.1) is 32.3 Å². The molecule has 1 atom stereocenters. The van der Waals surface area contributed by atoms with Gasteiger partial charge in [0.15, 0.2) is 0 Å². The van der Waals surface area contributed by atoms with Crippen molar-refractivity contribution in [3.63, 3.8) is 0 Å². The number of hydrogen-bond acceptors (Lipinski definition) is 4. The fourth-order valence-corrected chi connectivity index (χ4v) is 2.23. The van der Waals surface area contributed by atoms with Crippen LogP contribution in [0.15, 0.2) is 43.0 Å². The van der Waals surface area contributed by atoms with Gasteiger partial charge in [0.1, 0.15) is 0 Å². The van der Waals surface area contributed by atoms with Crippen LogP contribution in [-0.4, -0.2) is 42.0 Å². The van der Waals surface area contributed by atoms with E-state index in [4.69, 9.17) is 9.47 Å². The van der Waals surface area contributed by atoms with Crippen molar-refractivity contribution < 1.29 is 9.47 Å². The minimum atomic E-state index is 0.175. The van der Waals surface area contributed by atoms with Crippen molar-refractivity contribution in [3.05, 3.63) is 48.5 Å². The van der Waals surface area contributed by atoms with Crippen LogP contribution in [0.2, 0.25) is 0 Å². The predicted molar refractivity (Wildman–Crippen MR) is 75.8 cm³/mol. The standard InChI is InChI=1S/C15H19N3O2/c1-3-14(18-6-5-16-12-18)4-2-13(1)9-17-10-15-11-19-7-8-20-15/h1-6,12,15,17H,7-11H2. The summed E-state index contributed by atoms with van der Waals surface area (Å²) in [4.78, 5) is 4.05. The molecule has 1 aliphatic heterocycles. The third-order valence-corrected chi connectivity index (χ3v) is 3.32. The third kappa shape index (κ3) is 3.45. The molecular weight excluding hydrogens is 254 g/mol. The predicted octanol–water partition coefficient (Wildman–Crippen LogP) is 1.38. The smallest absolute Gasteiger partial charge is 0.0991 e. The molecule has 2 heterocycles. The van der Waals surface area contributed by atoms with Crippen LogP contribution in [0.25, 0.3) is 5.69 Å². The molecule has 1 N–H and O–H groups in total. The molecule has 5 heteroatoms. The number of ether oxygens (including phenoxy) is 2. The maximum absolute atomic E-state index is 5.59. The first-order valence-electron chi connectivity index (χ1n) is 6.89. The van der Waals surface area contributed by atoms with Crippen LogP contribution in [0.5, 0.6) is 0 Å². The average Bonchev–Trinajstić information content (AvgIpc) is 3.03. The molecule has 1 fully saturated rings. The number of nitrogens with zero attached hydrogens (tertiary/aromatic N) is 2. The van der Waals surface area contributed by atoms with Gasteiger partial charge in [-0.15, -0.1) is 0 Å². The molecule has 0 bridgehead atoms. The number of aromatic nitrogens is 2. The summed E-state index contributed by atoms with van der Waals surface area (Å²) in [5.74, 6) is 0. The van der Waals surface area contributed by atoms with Gasteiger partial charge < -0.3 is 19.4 Å². The Morgan fingerprint density at radius 2 is 2.15 bits per heavy atom. The van der Waals surface area contributed by atoms with Gasteiger partial charge in [-0.2, -0.15) is 0 Å². The number of benzene rings is 1. The van der Waals surface area contributed by atoms with Gasteiger partial charge in [-0.25, -0.2) is 4.98 Å². The normalized spacial score (nSPS) is 19.1. The zero-order valence-electron chi connectivity index (χ0n) is 11.4. The molecule has 0 amide bonds. The maximum Gasteiger partial charge on any atom is 0.0991 e. The van der Waals surface area contributed by atoms with Crippen molar-refractivity contribution in [2.75, 3.05) is 26.4 Å². The Balaban J connectivity index is 1.48. The summed E-state index contributed by atoms with van der Waals surface area (Å²) in [5.41, 5.74) is 2.38. The first-order valence-corrected chi connectivity index (χ1v) is 6.89. The minimum absolute atomic E-state index is 0.175. The summed E-state index contributed by atoms with van der Waals surface area (Å²) in [6.07, 6.45) is 5.69. The molecule has 1 aromatic heterocycles. The molecule has 1 aliphatic rings. The van der Waals surface area contributed by atoms with E-state index in [9.17, 15) is 0 Å². The van der Waals surface area contributed by atoms with Gasteiger partial charge in [-0.3, -0.25) is 0 Å². The Kier molecular flexibility index (Phi) is 4.42. The van der Waals surface area contributed by atoms with Crippen LogP contribution < -0.4 is 5.32 Å². The van der Waals surface area contributed by atoms with Crippen LogP contribution in [0.1, 0.15) is 5.56 Å². The molecule has 0 spiro atoms. The summed E-state index contributed by atoms with van der Waals surface area (Å²) in [6, 6.07) is 8.44. The molecule has 1 unspecified atom stereocenters. The second-order valence-electron chi connectivity index (χ2n) is 4.84. The summed E-state index contributed by atoms with van der Waals surface area (Å²) in [5, 5.41) is 3.40. The van der Waals surface area contributed by atoms with Crippen LogP contribution in [0.3, 0.4) is 0 Å². The lowest BCUT2D eigenvalue weighted by Gasteiger charge is -2.23. The second kappa shape index (κ2) is 6.65. The van der Waals surface area contributed by atoms with Gasteiger partial charge in [0, 0.05) is 31.2 Å². The van der Waals surface area contributed by atoms with E-state index < -0.39 is 0 Å². The molecule has 0 radical (unpaired) electrons. The van der Waals surface area contributed by atoms with Gasteiger partial charge in [-0.05, 0) is 17.7 Å². The first kappa shape index (κ1) is 13.3. The zero-order chi connectivity index (χ0) is 13.6. The largest absolute Gasteiger partial charge is 0.376 e. The summed E-state index contributed by atoms with van der Waals surface area (Å²) < 4.78 is 12.9. The highest BCUT2D eigenvalue weighted by molar-refractivity contribution is 5.34. The van der Waals surface area contributed by atoms with Crippen molar-refractivity contribution in [3.8, 4) is 5.69 Å². The molecule has 20 heavy (non-hydrogen) atoms. The third-order valence-electron chi connectivity index (χ3n) is 3.32. The van der Waals surface area contributed by atoms with E-state index in [0.717, 1.165) is 18.8 Å². The van der Waals surface area contributed by atoms with Crippen molar-refractivity contribution >= 4 is 0 Å². The average molecular weight is 273 g/mol. The minimum Gasteiger partial charge on any atom is -0.376 e. The molecular formula is C15H19N3O2. The lowest BCUT2D eigenvalue weighted by molar-refractivity contribution is -0.0864. The summed E-state index contributed by atoms with van der Waals surface area (Å²) >= 11 is 0. The zero-order valence-corrected chi connectivity index (χ0v) is 11.4. The van der Waals surface area contributed by atoms with Gasteiger partial charge >= 0.3 is 0 Å². The Morgan fingerprint density at radius 3 is 2.85 bits per heavy atom. The van der Waals surface area contributed by atoms with E-state index in [1.54, 1.807) is 12.5 Å². The highest BCUT2D eigenvalue weighted by Gasteiger charge is 2.13. The van der Waals surface area contributed by atoms with Crippen LogP contribution in [0, 0.1) is 0 Å². The monoisotopic (exact) mass is 273 g/mol. The van der Waals surface area contributed by atoms with Crippen LogP contribution in [-0.2, 0) is 16.0 Å². The highest BCUT2D eigenvalue weighted by atomic mass is 16.6. The molecule has 5 nitrogen and oxygen atoms in total. The lowest BCUT2D eigenvalue weighted by atomic mass is 10.2. The van der Waals surface area contributed by atoms with Gasteiger partial charge in [-0.1, -0.05) is 12.1 Å². The topological polar surface area (TPSA) is 48.3 Å². The SMILES string of the molecule is c1cn(-c2ccc(CNCC3COCCO3)cc2)cn1. The van der Waals surface area contributed by atoms with E-state index in [1.165, 1.54) is 5.56 Å². The van der Waals surface area contributed by atoms with Gasteiger partial charge in [0.2, 0.25) is 0 Å². The quantitative estimate of drug-likeness (QED) is 0.894. The summed E-state index contributed by atoms with van der Waals surface area (Å²) in [7, 11) is 0. The maximum atomic E-state index is 5.59. The molecule has 0 saturated carbocycles. The Morgan fingerprint density at radius 1 is 1.25 bits per heavy atom. The van der Waals surface area contributed by atoms with E-state index in [1.807, 2.05) is 10.8 Å². The number of imidazole rings is 1. The molecule has 1 aromatic carbocycles. The second-order valence-corrected chi connectivity index (χ2v) is 4.84. The Labute approximate surface area is 118 Å². The van der Waals surface area contributed by atoms with E-state index in [-0.39, 0.29) is 6.10 Å². The first-order chi connectivity index (χ1) is 9.92. The highest BCUT2D eigenvalue weighted by Crippen LogP contribution is 2.09. The van der Waals surface area contributed by atoms with Crippen molar-refractivity contribution in [2.24, 2.45) is 0 Å². The van der Waals surface area contributed by atoms with E-state index in [2.05, 4.69) is 34.6 Å². The molecule has 2 aromatic rings. The number of rotatable bonds is 5. The fraction of sp³-hybridized carbons (Fsp3) is 0.400. The molecule has 0 aliphatic carbocycles. The van der Waals surface area contributed by atoms with E-state index in [0.29, 0.717) is 19.8 Å². The molecule has 106 valence electrons. The Bertz CT molecular complexity index is 504. The lowest BCUT2D eigenvalue weighted by Crippen LogP contribution is -2.37. The van der Waals surface area contributed by atoms with Crippen molar-refractivity contribution in [1.82, 2.24) is 14.9 Å². The van der Waals surface area contributed by atoms with Gasteiger partial charge in [0.25, 0.3) is 0 Å². The fourth-order valence-electron chi connectivity index (χ4n) is 2.23.